The molecule has 7 heteroatoms. The maximum absolute atomic E-state index is 4.58. The van der Waals surface area contributed by atoms with Crippen LogP contribution in [0, 0.1) is 25.7 Å². The van der Waals surface area contributed by atoms with Crippen LogP contribution in [-0.2, 0) is 6.54 Å². The van der Waals surface area contributed by atoms with Gasteiger partial charge in [-0.3, -0.25) is 9.89 Å². The highest BCUT2D eigenvalue weighted by atomic mass is 127. The highest BCUT2D eigenvalue weighted by molar-refractivity contribution is 14.0. The van der Waals surface area contributed by atoms with E-state index in [9.17, 15) is 0 Å². The van der Waals surface area contributed by atoms with Crippen molar-refractivity contribution in [3.63, 3.8) is 0 Å². The largest absolute Gasteiger partial charge is 0.355 e. The predicted octanol–water partition coefficient (Wildman–Crippen LogP) is 3.80. The number of likely N-dealkylation sites (tertiary alicyclic amines) is 1. The second kappa shape index (κ2) is 10.2. The van der Waals surface area contributed by atoms with Gasteiger partial charge in [0, 0.05) is 37.1 Å². The van der Waals surface area contributed by atoms with Crippen molar-refractivity contribution in [2.24, 2.45) is 16.8 Å². The first-order chi connectivity index (χ1) is 11.7. The van der Waals surface area contributed by atoms with E-state index in [1.54, 1.807) is 11.3 Å². The molecule has 1 saturated heterocycles. The molecule has 5 nitrogen and oxygen atoms in total. The third-order valence-electron chi connectivity index (χ3n) is 5.12. The minimum atomic E-state index is 0. The number of hydrogen-bond acceptors (Lipinski definition) is 4. The molecule has 2 N–H and O–H groups in total. The normalized spacial score (nSPS) is 22.0. The molecule has 1 aliphatic heterocycles. The summed E-state index contributed by atoms with van der Waals surface area (Å²) in [5, 5.41) is 8.00. The third-order valence-corrected chi connectivity index (χ3v) is 6.19. The molecule has 0 radical (unpaired) electrons. The molecule has 2 rings (SSSR count). The molecule has 26 heavy (non-hydrogen) atoms. The number of nitrogens with one attached hydrogen (secondary N) is 2. The fourth-order valence-corrected chi connectivity index (χ4v) is 4.44. The average molecular weight is 494 g/mol. The van der Waals surface area contributed by atoms with Crippen molar-refractivity contribution in [1.82, 2.24) is 20.5 Å². The quantitative estimate of drug-likeness (QED) is 0.372. The molecule has 1 aliphatic rings. The topological polar surface area (TPSA) is 52.6 Å². The van der Waals surface area contributed by atoms with E-state index in [0.717, 1.165) is 41.6 Å². The van der Waals surface area contributed by atoms with Crippen molar-refractivity contribution >= 4 is 41.3 Å². The lowest BCUT2D eigenvalue weighted by atomic mass is 9.88. The zero-order valence-electron chi connectivity index (χ0n) is 17.3. The summed E-state index contributed by atoms with van der Waals surface area (Å²) < 4.78 is 0. The summed E-state index contributed by atoms with van der Waals surface area (Å²) in [7, 11) is 1.83. The Morgan fingerprint density at radius 1 is 1.23 bits per heavy atom. The summed E-state index contributed by atoms with van der Waals surface area (Å²) in [6.07, 6.45) is 1.34. The van der Waals surface area contributed by atoms with Gasteiger partial charge in [0.2, 0.25) is 0 Å². The van der Waals surface area contributed by atoms with E-state index in [4.69, 9.17) is 0 Å². The van der Waals surface area contributed by atoms with Gasteiger partial charge in [-0.05, 0) is 46.0 Å². The van der Waals surface area contributed by atoms with Gasteiger partial charge in [0.15, 0.2) is 5.96 Å². The predicted molar refractivity (Wildman–Crippen MR) is 124 cm³/mol. The number of hydrogen-bond donors (Lipinski definition) is 2. The van der Waals surface area contributed by atoms with Gasteiger partial charge in [-0.2, -0.15) is 0 Å². The smallest absolute Gasteiger partial charge is 0.191 e. The molecule has 2 heterocycles. The van der Waals surface area contributed by atoms with Crippen LogP contribution in [0.4, 0.5) is 0 Å². The molecule has 1 aromatic rings. The number of piperidine rings is 1. The zero-order chi connectivity index (χ0) is 18.6. The summed E-state index contributed by atoms with van der Waals surface area (Å²) in [5.74, 6) is 2.39. The summed E-state index contributed by atoms with van der Waals surface area (Å²) in [6.45, 7) is 17.5. The lowest BCUT2D eigenvalue weighted by Gasteiger charge is -2.45. The Balaban J connectivity index is 0.00000338. The number of aryl methyl sites for hydroxylation is 2. The Morgan fingerprint density at radius 3 is 2.35 bits per heavy atom. The molecule has 1 fully saturated rings. The van der Waals surface area contributed by atoms with Crippen molar-refractivity contribution in [3.05, 3.63) is 15.6 Å². The molecular weight excluding hydrogens is 457 g/mol. The minimum Gasteiger partial charge on any atom is -0.355 e. The minimum absolute atomic E-state index is 0. The second-order valence-electron chi connectivity index (χ2n) is 8.19. The fourth-order valence-electron chi connectivity index (χ4n) is 3.56. The number of thiazole rings is 1. The van der Waals surface area contributed by atoms with Crippen LogP contribution in [0.1, 0.15) is 49.7 Å². The standard InChI is InChI=1S/C19H35N5S.HI/c1-13-8-14(2)11-24(10-13)19(5,6)12-22-18(20-7)21-9-17-23-15(3)16(4)25-17;/h13-14H,8-12H2,1-7H3,(H2,20,21,22);1H. The maximum Gasteiger partial charge on any atom is 0.191 e. The highest BCUT2D eigenvalue weighted by Gasteiger charge is 2.32. The lowest BCUT2D eigenvalue weighted by Crippen LogP contribution is -2.57. The Labute approximate surface area is 180 Å². The molecule has 150 valence electrons. The number of guanidine groups is 1. The van der Waals surface area contributed by atoms with Crippen LogP contribution in [0.15, 0.2) is 4.99 Å². The first-order valence-electron chi connectivity index (χ1n) is 9.33. The van der Waals surface area contributed by atoms with Gasteiger partial charge < -0.3 is 10.6 Å². The highest BCUT2D eigenvalue weighted by Crippen LogP contribution is 2.26. The van der Waals surface area contributed by atoms with Crippen LogP contribution in [0.25, 0.3) is 0 Å². The van der Waals surface area contributed by atoms with Crippen molar-refractivity contribution in [1.29, 1.82) is 0 Å². The number of rotatable bonds is 5. The summed E-state index contributed by atoms with van der Waals surface area (Å²) in [5.41, 5.74) is 1.23. The van der Waals surface area contributed by atoms with E-state index >= 15 is 0 Å². The molecule has 1 aromatic heterocycles. The van der Waals surface area contributed by atoms with E-state index in [0.29, 0.717) is 0 Å². The number of aromatic nitrogens is 1. The van der Waals surface area contributed by atoms with Crippen LogP contribution in [0.5, 0.6) is 0 Å². The van der Waals surface area contributed by atoms with Crippen LogP contribution in [-0.4, -0.2) is 48.1 Å². The molecule has 2 atom stereocenters. The van der Waals surface area contributed by atoms with Gasteiger partial charge >= 0.3 is 0 Å². The average Bonchev–Trinajstić information content (AvgIpc) is 2.85. The van der Waals surface area contributed by atoms with Crippen molar-refractivity contribution in [2.75, 3.05) is 26.7 Å². The first kappa shape index (κ1) is 23.6. The lowest BCUT2D eigenvalue weighted by molar-refractivity contribution is 0.0483. The van der Waals surface area contributed by atoms with Crippen molar-refractivity contribution in [2.45, 2.75) is 60.0 Å². The van der Waals surface area contributed by atoms with Gasteiger partial charge in [0.1, 0.15) is 5.01 Å². The Hall–Kier alpha value is -0.410. The van der Waals surface area contributed by atoms with E-state index in [2.05, 4.69) is 67.1 Å². The molecule has 2 unspecified atom stereocenters. The van der Waals surface area contributed by atoms with Crippen LogP contribution >= 0.6 is 35.3 Å². The molecule has 0 aliphatic carbocycles. The summed E-state index contributed by atoms with van der Waals surface area (Å²) >= 11 is 1.75. The molecule has 0 aromatic carbocycles. The molecular formula is C19H36IN5S. The Morgan fingerprint density at radius 2 is 1.85 bits per heavy atom. The third kappa shape index (κ3) is 6.64. The summed E-state index contributed by atoms with van der Waals surface area (Å²) in [4.78, 5) is 12.9. The fraction of sp³-hybridized carbons (Fsp3) is 0.789. The van der Waals surface area contributed by atoms with Crippen LogP contribution < -0.4 is 10.6 Å². The molecule has 0 spiro atoms. The van der Waals surface area contributed by atoms with E-state index in [-0.39, 0.29) is 29.5 Å². The monoisotopic (exact) mass is 493 g/mol. The Bertz CT molecular complexity index is 569. The van der Waals surface area contributed by atoms with Crippen LogP contribution in [0.3, 0.4) is 0 Å². The maximum atomic E-state index is 4.58. The Kier molecular flexibility index (Phi) is 9.29. The van der Waals surface area contributed by atoms with Gasteiger partial charge in [-0.25, -0.2) is 4.98 Å². The van der Waals surface area contributed by atoms with Gasteiger partial charge in [-0.1, -0.05) is 13.8 Å². The number of halogens is 1. The van der Waals surface area contributed by atoms with Crippen molar-refractivity contribution in [3.8, 4) is 0 Å². The molecule has 0 saturated carbocycles. The van der Waals surface area contributed by atoms with Gasteiger partial charge in [-0.15, -0.1) is 35.3 Å². The molecule has 0 bridgehead atoms. The first-order valence-corrected chi connectivity index (χ1v) is 10.2. The van der Waals surface area contributed by atoms with Crippen molar-refractivity contribution < 1.29 is 0 Å². The number of nitrogens with zero attached hydrogens (tertiary/aromatic N) is 3. The van der Waals surface area contributed by atoms with Crippen LogP contribution in [0.2, 0.25) is 0 Å². The van der Waals surface area contributed by atoms with Gasteiger partial charge in [0.25, 0.3) is 0 Å². The zero-order valence-corrected chi connectivity index (χ0v) is 20.5. The number of aliphatic imine (C=N–C) groups is 1. The van der Waals surface area contributed by atoms with E-state index in [1.165, 1.54) is 24.4 Å². The summed E-state index contributed by atoms with van der Waals surface area (Å²) in [6, 6.07) is 0. The van der Waals surface area contributed by atoms with E-state index < -0.39 is 0 Å². The second-order valence-corrected chi connectivity index (χ2v) is 9.48. The SMILES string of the molecule is CN=C(NCc1nc(C)c(C)s1)NCC(C)(C)N1CC(C)CC(C)C1.I. The van der Waals surface area contributed by atoms with E-state index in [1.807, 2.05) is 7.05 Å². The van der Waals surface area contributed by atoms with Gasteiger partial charge in [0.05, 0.1) is 12.2 Å². The molecule has 0 amide bonds.